The molecular formula is C24H24FNO3. The Morgan fingerprint density at radius 1 is 0.862 bits per heavy atom. The smallest absolute Gasteiger partial charge is 0.258 e. The zero-order chi connectivity index (χ0) is 20.5. The van der Waals surface area contributed by atoms with Gasteiger partial charge in [-0.2, -0.15) is 0 Å². The van der Waals surface area contributed by atoms with Crippen LogP contribution in [-0.4, -0.2) is 25.7 Å². The fourth-order valence-corrected chi connectivity index (χ4v) is 3.06. The summed E-state index contributed by atoms with van der Waals surface area (Å²) in [6.07, 6.45) is 1.22. The molecule has 0 radical (unpaired) electrons. The molecule has 0 saturated heterocycles. The third kappa shape index (κ3) is 6.64. The van der Waals surface area contributed by atoms with E-state index in [1.54, 1.807) is 31.4 Å². The van der Waals surface area contributed by atoms with Crippen molar-refractivity contribution in [3.63, 3.8) is 0 Å². The van der Waals surface area contributed by atoms with Crippen LogP contribution < -0.4 is 14.8 Å². The number of halogens is 1. The second-order valence-corrected chi connectivity index (χ2v) is 6.75. The van der Waals surface area contributed by atoms with Crippen LogP contribution in [-0.2, 0) is 17.6 Å². The van der Waals surface area contributed by atoms with Gasteiger partial charge in [0.15, 0.2) is 6.61 Å². The molecule has 1 unspecified atom stereocenters. The van der Waals surface area contributed by atoms with Gasteiger partial charge in [0.25, 0.3) is 5.91 Å². The van der Waals surface area contributed by atoms with Crippen LogP contribution in [0.4, 0.5) is 4.39 Å². The van der Waals surface area contributed by atoms with Crippen molar-refractivity contribution in [2.45, 2.75) is 18.9 Å². The van der Waals surface area contributed by atoms with Crippen molar-refractivity contribution in [1.82, 2.24) is 5.32 Å². The van der Waals surface area contributed by atoms with Gasteiger partial charge in [-0.3, -0.25) is 4.79 Å². The molecule has 0 spiro atoms. The first-order valence-electron chi connectivity index (χ1n) is 9.47. The van der Waals surface area contributed by atoms with Crippen LogP contribution in [0.3, 0.4) is 0 Å². The van der Waals surface area contributed by atoms with Gasteiger partial charge in [0.2, 0.25) is 0 Å². The SMILES string of the molecule is COc1ccc(CC(Cc2ccc(F)cc2)NC(=O)COc2ccccc2)cc1. The molecule has 0 aliphatic rings. The maximum Gasteiger partial charge on any atom is 0.258 e. The monoisotopic (exact) mass is 393 g/mol. The van der Waals surface area contributed by atoms with E-state index in [4.69, 9.17) is 9.47 Å². The molecular weight excluding hydrogens is 369 g/mol. The number of rotatable bonds is 9. The number of benzene rings is 3. The topological polar surface area (TPSA) is 47.6 Å². The quantitative estimate of drug-likeness (QED) is 0.593. The summed E-state index contributed by atoms with van der Waals surface area (Å²) >= 11 is 0. The number of methoxy groups -OCH3 is 1. The summed E-state index contributed by atoms with van der Waals surface area (Å²) < 4.78 is 24.0. The van der Waals surface area contributed by atoms with E-state index in [2.05, 4.69) is 5.32 Å². The summed E-state index contributed by atoms with van der Waals surface area (Å²) in [5, 5.41) is 3.04. The molecule has 0 aliphatic carbocycles. The third-order valence-corrected chi connectivity index (χ3v) is 4.51. The van der Waals surface area contributed by atoms with E-state index in [0.717, 1.165) is 16.9 Å². The van der Waals surface area contributed by atoms with Gasteiger partial charge in [-0.1, -0.05) is 42.5 Å². The van der Waals surface area contributed by atoms with Crippen molar-refractivity contribution >= 4 is 5.91 Å². The Balaban J connectivity index is 1.65. The Morgan fingerprint density at radius 3 is 2.03 bits per heavy atom. The van der Waals surface area contributed by atoms with Crippen molar-refractivity contribution in [3.05, 3.63) is 95.8 Å². The van der Waals surface area contributed by atoms with E-state index < -0.39 is 0 Å². The number of ether oxygens (including phenoxy) is 2. The van der Waals surface area contributed by atoms with E-state index in [-0.39, 0.29) is 24.4 Å². The highest BCUT2D eigenvalue weighted by molar-refractivity contribution is 5.77. The molecule has 0 heterocycles. The van der Waals surface area contributed by atoms with Gasteiger partial charge in [-0.25, -0.2) is 4.39 Å². The molecule has 1 N–H and O–H groups in total. The average molecular weight is 393 g/mol. The molecule has 5 heteroatoms. The summed E-state index contributed by atoms with van der Waals surface area (Å²) in [5.74, 6) is 0.951. The number of carbonyl (C=O) groups excluding carboxylic acids is 1. The van der Waals surface area contributed by atoms with Gasteiger partial charge in [-0.05, 0) is 60.4 Å². The first-order chi connectivity index (χ1) is 14.1. The van der Waals surface area contributed by atoms with Crippen LogP contribution in [0.2, 0.25) is 0 Å². The Bertz CT molecular complexity index is 896. The van der Waals surface area contributed by atoms with E-state index in [9.17, 15) is 9.18 Å². The number of amides is 1. The summed E-state index contributed by atoms with van der Waals surface area (Å²) in [5.41, 5.74) is 2.02. The fourth-order valence-electron chi connectivity index (χ4n) is 3.06. The summed E-state index contributed by atoms with van der Waals surface area (Å²) in [7, 11) is 1.62. The van der Waals surface area contributed by atoms with Crippen molar-refractivity contribution in [1.29, 1.82) is 0 Å². The van der Waals surface area contributed by atoms with Gasteiger partial charge < -0.3 is 14.8 Å². The third-order valence-electron chi connectivity index (χ3n) is 4.51. The highest BCUT2D eigenvalue weighted by Crippen LogP contribution is 2.15. The van der Waals surface area contributed by atoms with Gasteiger partial charge in [0.1, 0.15) is 17.3 Å². The molecule has 3 aromatic carbocycles. The van der Waals surface area contributed by atoms with Crippen molar-refractivity contribution in [2.75, 3.05) is 13.7 Å². The van der Waals surface area contributed by atoms with Crippen LogP contribution in [0.15, 0.2) is 78.9 Å². The zero-order valence-corrected chi connectivity index (χ0v) is 16.3. The van der Waals surface area contributed by atoms with E-state index >= 15 is 0 Å². The maximum atomic E-state index is 13.2. The Hall–Kier alpha value is -3.34. The molecule has 1 atom stereocenters. The number of nitrogens with one attached hydrogen (secondary N) is 1. The van der Waals surface area contributed by atoms with Gasteiger partial charge in [-0.15, -0.1) is 0 Å². The maximum absolute atomic E-state index is 13.2. The van der Waals surface area contributed by atoms with Crippen LogP contribution in [0.5, 0.6) is 11.5 Å². The lowest BCUT2D eigenvalue weighted by Crippen LogP contribution is -2.40. The fraction of sp³-hybridized carbons (Fsp3) is 0.208. The number of para-hydroxylation sites is 1. The minimum Gasteiger partial charge on any atom is -0.497 e. The van der Waals surface area contributed by atoms with Crippen LogP contribution >= 0.6 is 0 Å². The predicted octanol–water partition coefficient (Wildman–Crippen LogP) is 4.18. The lowest BCUT2D eigenvalue weighted by atomic mass is 9.98. The summed E-state index contributed by atoms with van der Waals surface area (Å²) in [4.78, 5) is 12.4. The Labute approximate surface area is 170 Å². The van der Waals surface area contributed by atoms with Crippen molar-refractivity contribution in [3.8, 4) is 11.5 Å². The zero-order valence-electron chi connectivity index (χ0n) is 16.3. The highest BCUT2D eigenvalue weighted by atomic mass is 19.1. The molecule has 29 heavy (non-hydrogen) atoms. The van der Waals surface area contributed by atoms with Crippen molar-refractivity contribution < 1.29 is 18.7 Å². The Morgan fingerprint density at radius 2 is 1.45 bits per heavy atom. The molecule has 3 aromatic rings. The van der Waals surface area contributed by atoms with Crippen molar-refractivity contribution in [2.24, 2.45) is 0 Å². The molecule has 3 rings (SSSR count). The van der Waals surface area contributed by atoms with Gasteiger partial charge in [0, 0.05) is 6.04 Å². The number of carbonyl (C=O) groups is 1. The molecule has 0 aromatic heterocycles. The largest absolute Gasteiger partial charge is 0.497 e. The van der Waals surface area contributed by atoms with E-state index in [1.165, 1.54) is 12.1 Å². The van der Waals surface area contributed by atoms with E-state index in [0.29, 0.717) is 18.6 Å². The van der Waals surface area contributed by atoms with Crippen LogP contribution in [0.1, 0.15) is 11.1 Å². The molecule has 1 amide bonds. The molecule has 0 fully saturated rings. The second-order valence-electron chi connectivity index (χ2n) is 6.75. The normalized spacial score (nSPS) is 11.5. The average Bonchev–Trinajstić information content (AvgIpc) is 2.75. The minimum absolute atomic E-state index is 0.0630. The van der Waals surface area contributed by atoms with Gasteiger partial charge >= 0.3 is 0 Å². The van der Waals surface area contributed by atoms with Crippen LogP contribution in [0, 0.1) is 5.82 Å². The minimum atomic E-state index is -0.277. The second kappa shape index (κ2) is 10.3. The standard InChI is InChI=1S/C24H24FNO3/c1-28-22-13-9-19(10-14-22)16-21(15-18-7-11-20(25)12-8-18)26-24(27)17-29-23-5-3-2-4-6-23/h2-14,21H,15-17H2,1H3,(H,26,27). The molecule has 0 saturated carbocycles. The van der Waals surface area contributed by atoms with E-state index in [1.807, 2.05) is 42.5 Å². The first kappa shape index (κ1) is 20.4. The molecule has 0 bridgehead atoms. The summed E-state index contributed by atoms with van der Waals surface area (Å²) in [6, 6.07) is 23.1. The number of hydrogen-bond acceptors (Lipinski definition) is 3. The molecule has 150 valence electrons. The predicted molar refractivity (Wildman–Crippen MR) is 111 cm³/mol. The molecule has 0 aliphatic heterocycles. The van der Waals surface area contributed by atoms with Crippen LogP contribution in [0.25, 0.3) is 0 Å². The lowest BCUT2D eigenvalue weighted by molar-refractivity contribution is -0.123. The number of hydrogen-bond donors (Lipinski definition) is 1. The summed E-state index contributed by atoms with van der Waals surface area (Å²) in [6.45, 7) is -0.0630. The first-order valence-corrected chi connectivity index (χ1v) is 9.47. The Kier molecular flexibility index (Phi) is 7.22. The lowest BCUT2D eigenvalue weighted by Gasteiger charge is -2.20. The molecule has 4 nitrogen and oxygen atoms in total. The van der Waals surface area contributed by atoms with Gasteiger partial charge in [0.05, 0.1) is 7.11 Å². The highest BCUT2D eigenvalue weighted by Gasteiger charge is 2.15.